The van der Waals surface area contributed by atoms with Crippen LogP contribution in [0.3, 0.4) is 0 Å². The SMILES string of the molecule is CCCCCC1CC=C(C(CC)c2ccccc2)CC1. The molecular weight excluding hydrogens is 240 g/mol. The first-order valence-corrected chi connectivity index (χ1v) is 8.59. The Hall–Kier alpha value is -1.04. The Bertz CT molecular complexity index is 401. The summed E-state index contributed by atoms with van der Waals surface area (Å²) in [6.07, 6.45) is 13.5. The molecule has 0 saturated carbocycles. The van der Waals surface area contributed by atoms with Gasteiger partial charge in [-0.2, -0.15) is 0 Å². The van der Waals surface area contributed by atoms with Crippen LogP contribution in [0.4, 0.5) is 0 Å². The standard InChI is InChI=1S/C20H30/c1-3-5-7-10-17-13-15-19(16-14-17)20(4-2)18-11-8-6-9-12-18/h6,8-9,11-12,15,17,20H,3-5,7,10,13-14,16H2,1-2H3. The van der Waals surface area contributed by atoms with Crippen molar-refractivity contribution < 1.29 is 0 Å². The molecule has 2 atom stereocenters. The van der Waals surface area contributed by atoms with Crippen molar-refractivity contribution >= 4 is 0 Å². The van der Waals surface area contributed by atoms with Crippen LogP contribution in [0.5, 0.6) is 0 Å². The van der Waals surface area contributed by atoms with Crippen LogP contribution in [-0.2, 0) is 0 Å². The quantitative estimate of drug-likeness (QED) is 0.392. The van der Waals surface area contributed by atoms with Crippen LogP contribution < -0.4 is 0 Å². The molecule has 1 aliphatic carbocycles. The van der Waals surface area contributed by atoms with Crippen molar-refractivity contribution in [2.24, 2.45) is 5.92 Å². The molecule has 0 bridgehead atoms. The summed E-state index contributed by atoms with van der Waals surface area (Å²) in [5, 5.41) is 0. The van der Waals surface area contributed by atoms with E-state index in [0.717, 1.165) is 5.92 Å². The third-order valence-corrected chi connectivity index (χ3v) is 4.83. The van der Waals surface area contributed by atoms with Crippen molar-refractivity contribution in [3.63, 3.8) is 0 Å². The van der Waals surface area contributed by atoms with Crippen LogP contribution in [0.15, 0.2) is 42.0 Å². The second-order valence-corrected chi connectivity index (χ2v) is 6.29. The van der Waals surface area contributed by atoms with Crippen molar-refractivity contribution in [2.45, 2.75) is 71.1 Å². The van der Waals surface area contributed by atoms with Crippen molar-refractivity contribution in [1.82, 2.24) is 0 Å². The number of hydrogen-bond donors (Lipinski definition) is 0. The molecule has 20 heavy (non-hydrogen) atoms. The maximum Gasteiger partial charge on any atom is 0.00455 e. The van der Waals surface area contributed by atoms with Crippen molar-refractivity contribution in [3.8, 4) is 0 Å². The van der Waals surface area contributed by atoms with Crippen LogP contribution >= 0.6 is 0 Å². The Morgan fingerprint density at radius 3 is 2.50 bits per heavy atom. The van der Waals surface area contributed by atoms with Gasteiger partial charge in [0.2, 0.25) is 0 Å². The highest BCUT2D eigenvalue weighted by atomic mass is 14.3. The number of rotatable bonds is 7. The van der Waals surface area contributed by atoms with Crippen molar-refractivity contribution in [1.29, 1.82) is 0 Å². The lowest BCUT2D eigenvalue weighted by molar-refractivity contribution is 0.409. The van der Waals surface area contributed by atoms with E-state index in [9.17, 15) is 0 Å². The second-order valence-electron chi connectivity index (χ2n) is 6.29. The molecule has 0 heteroatoms. The van der Waals surface area contributed by atoms with E-state index >= 15 is 0 Å². The van der Waals surface area contributed by atoms with Gasteiger partial charge in [0.25, 0.3) is 0 Å². The van der Waals surface area contributed by atoms with Gasteiger partial charge in [0.15, 0.2) is 0 Å². The first-order chi connectivity index (χ1) is 9.85. The van der Waals surface area contributed by atoms with E-state index < -0.39 is 0 Å². The van der Waals surface area contributed by atoms with Crippen LogP contribution in [0.2, 0.25) is 0 Å². The Kier molecular flexibility index (Phi) is 6.36. The lowest BCUT2D eigenvalue weighted by Gasteiger charge is -2.27. The zero-order valence-corrected chi connectivity index (χ0v) is 13.3. The molecule has 0 aromatic heterocycles. The van der Waals surface area contributed by atoms with Gasteiger partial charge in [-0.05, 0) is 37.2 Å². The molecule has 1 aromatic carbocycles. The highest BCUT2D eigenvalue weighted by Crippen LogP contribution is 2.37. The summed E-state index contributed by atoms with van der Waals surface area (Å²) >= 11 is 0. The topological polar surface area (TPSA) is 0 Å². The minimum absolute atomic E-state index is 0.660. The highest BCUT2D eigenvalue weighted by molar-refractivity contribution is 5.29. The first kappa shape index (κ1) is 15.4. The lowest BCUT2D eigenvalue weighted by Crippen LogP contribution is -2.10. The molecule has 1 aromatic rings. The van der Waals surface area contributed by atoms with Crippen LogP contribution in [0.25, 0.3) is 0 Å². The number of benzene rings is 1. The van der Waals surface area contributed by atoms with Gasteiger partial charge in [0.1, 0.15) is 0 Å². The summed E-state index contributed by atoms with van der Waals surface area (Å²) in [6, 6.07) is 11.1. The highest BCUT2D eigenvalue weighted by Gasteiger charge is 2.20. The number of allylic oxidation sites excluding steroid dienone is 2. The Morgan fingerprint density at radius 1 is 1.10 bits per heavy atom. The smallest absolute Gasteiger partial charge is 0.00455 e. The van der Waals surface area contributed by atoms with Gasteiger partial charge in [0, 0.05) is 5.92 Å². The molecule has 0 nitrogen and oxygen atoms in total. The summed E-state index contributed by atoms with van der Waals surface area (Å²) in [5.74, 6) is 1.62. The van der Waals surface area contributed by atoms with Crippen LogP contribution in [-0.4, -0.2) is 0 Å². The van der Waals surface area contributed by atoms with Gasteiger partial charge in [-0.15, -0.1) is 0 Å². The van der Waals surface area contributed by atoms with Crippen LogP contribution in [0.1, 0.15) is 76.7 Å². The number of unbranched alkanes of at least 4 members (excludes halogenated alkanes) is 2. The molecule has 0 radical (unpaired) electrons. The zero-order chi connectivity index (χ0) is 14.2. The maximum atomic E-state index is 2.57. The summed E-state index contributed by atoms with van der Waals surface area (Å²) in [4.78, 5) is 0. The summed E-state index contributed by atoms with van der Waals surface area (Å²) < 4.78 is 0. The molecule has 0 aliphatic heterocycles. The Morgan fingerprint density at radius 2 is 1.90 bits per heavy atom. The molecule has 0 fully saturated rings. The minimum atomic E-state index is 0.660. The average molecular weight is 270 g/mol. The fraction of sp³-hybridized carbons (Fsp3) is 0.600. The van der Waals surface area contributed by atoms with E-state index in [4.69, 9.17) is 0 Å². The van der Waals surface area contributed by atoms with Gasteiger partial charge in [-0.25, -0.2) is 0 Å². The monoisotopic (exact) mass is 270 g/mol. The van der Waals surface area contributed by atoms with Crippen LogP contribution in [0, 0.1) is 5.92 Å². The lowest BCUT2D eigenvalue weighted by atomic mass is 9.78. The Balaban J connectivity index is 1.93. The van der Waals surface area contributed by atoms with Crippen molar-refractivity contribution in [3.05, 3.63) is 47.5 Å². The first-order valence-electron chi connectivity index (χ1n) is 8.59. The van der Waals surface area contributed by atoms with E-state index in [2.05, 4.69) is 50.3 Å². The maximum absolute atomic E-state index is 2.57. The molecule has 0 saturated heterocycles. The van der Waals surface area contributed by atoms with E-state index in [1.54, 1.807) is 5.57 Å². The molecule has 1 aliphatic rings. The third-order valence-electron chi connectivity index (χ3n) is 4.83. The normalized spacial score (nSPS) is 20.5. The number of hydrogen-bond acceptors (Lipinski definition) is 0. The van der Waals surface area contributed by atoms with Gasteiger partial charge in [-0.1, -0.05) is 81.5 Å². The predicted molar refractivity (Wildman–Crippen MR) is 89.0 cm³/mol. The van der Waals surface area contributed by atoms with Gasteiger partial charge < -0.3 is 0 Å². The minimum Gasteiger partial charge on any atom is -0.0844 e. The molecule has 110 valence electrons. The Labute approximate surface area is 125 Å². The van der Waals surface area contributed by atoms with Crippen molar-refractivity contribution in [2.75, 3.05) is 0 Å². The third kappa shape index (κ3) is 4.23. The predicted octanol–water partition coefficient (Wildman–Crippen LogP) is 6.49. The van der Waals surface area contributed by atoms with E-state index in [1.807, 2.05) is 0 Å². The zero-order valence-electron chi connectivity index (χ0n) is 13.3. The average Bonchev–Trinajstić information content (AvgIpc) is 2.51. The van der Waals surface area contributed by atoms with E-state index in [-0.39, 0.29) is 0 Å². The van der Waals surface area contributed by atoms with Gasteiger partial charge in [-0.3, -0.25) is 0 Å². The molecule has 0 heterocycles. The summed E-state index contributed by atoms with van der Waals surface area (Å²) in [6.45, 7) is 4.62. The van der Waals surface area contributed by atoms with E-state index in [1.165, 1.54) is 56.9 Å². The van der Waals surface area contributed by atoms with Gasteiger partial charge >= 0.3 is 0 Å². The van der Waals surface area contributed by atoms with Gasteiger partial charge in [0.05, 0.1) is 0 Å². The summed E-state index contributed by atoms with van der Waals surface area (Å²) in [5.41, 5.74) is 3.20. The largest absolute Gasteiger partial charge is 0.0844 e. The fourth-order valence-electron chi connectivity index (χ4n) is 3.57. The second kappa shape index (κ2) is 8.29. The molecule has 0 spiro atoms. The molecule has 0 amide bonds. The van der Waals surface area contributed by atoms with E-state index in [0.29, 0.717) is 5.92 Å². The molecule has 2 unspecified atom stereocenters. The molecule has 2 rings (SSSR count). The fourth-order valence-corrected chi connectivity index (χ4v) is 3.57. The molecule has 0 N–H and O–H groups in total. The summed E-state index contributed by atoms with van der Waals surface area (Å²) in [7, 11) is 0. The molecular formula is C20H30.